The number of nitrogens with two attached hydrogens (primary N) is 1. The molecule has 2 rings (SSSR count). The normalized spacial score (nSPS) is 36.2. The maximum atomic E-state index is 10.9. The highest BCUT2D eigenvalue weighted by atomic mass is 16.5. The molecule has 2 aliphatic heterocycles. The number of likely N-dealkylation sites (tertiary alicyclic amines) is 1. The Labute approximate surface area is 97.7 Å². The molecule has 0 amide bonds. The summed E-state index contributed by atoms with van der Waals surface area (Å²) in [4.78, 5) is 2.22. The molecule has 0 aliphatic carbocycles. The van der Waals surface area contributed by atoms with Gasteiger partial charge in [-0.3, -0.25) is 0 Å². The lowest BCUT2D eigenvalue weighted by Crippen LogP contribution is -2.61. The van der Waals surface area contributed by atoms with Crippen LogP contribution in [0, 0.1) is 5.41 Å². The van der Waals surface area contributed by atoms with Crippen molar-refractivity contribution in [3.05, 3.63) is 0 Å². The quantitative estimate of drug-likeness (QED) is 0.709. The molecule has 3 N–H and O–H groups in total. The number of hydrogen-bond donors (Lipinski definition) is 2. The number of β-amino-alcohol motifs (C(OH)–C–C–N with tert-alkyl or cyclic N) is 1. The van der Waals surface area contributed by atoms with E-state index in [1.54, 1.807) is 0 Å². The topological polar surface area (TPSA) is 58.7 Å². The van der Waals surface area contributed by atoms with Crippen LogP contribution in [0.15, 0.2) is 0 Å². The molecule has 94 valence electrons. The Morgan fingerprint density at radius 3 is 2.56 bits per heavy atom. The van der Waals surface area contributed by atoms with Gasteiger partial charge in [-0.1, -0.05) is 0 Å². The molecule has 2 heterocycles. The van der Waals surface area contributed by atoms with Gasteiger partial charge in [-0.25, -0.2) is 0 Å². The Bertz CT molecular complexity index is 241. The van der Waals surface area contributed by atoms with Crippen LogP contribution in [-0.4, -0.2) is 55.5 Å². The molecule has 0 radical (unpaired) electrons. The van der Waals surface area contributed by atoms with Gasteiger partial charge in [0.1, 0.15) is 0 Å². The molecule has 0 aromatic carbocycles. The molecular weight excluding hydrogens is 204 g/mol. The molecule has 1 unspecified atom stereocenters. The van der Waals surface area contributed by atoms with E-state index in [1.165, 1.54) is 0 Å². The van der Waals surface area contributed by atoms with Crippen molar-refractivity contribution in [1.82, 2.24) is 4.90 Å². The smallest absolute Gasteiger partial charge is 0.0844 e. The molecule has 0 spiro atoms. The fraction of sp³-hybridized carbons (Fsp3) is 1.00. The maximum Gasteiger partial charge on any atom is 0.0844 e. The summed E-state index contributed by atoms with van der Waals surface area (Å²) in [5, 5.41) is 10.9. The summed E-state index contributed by atoms with van der Waals surface area (Å²) in [5.74, 6) is 0. The van der Waals surface area contributed by atoms with Gasteiger partial charge in [-0.15, -0.1) is 0 Å². The van der Waals surface area contributed by atoms with Gasteiger partial charge in [0.2, 0.25) is 0 Å². The van der Waals surface area contributed by atoms with E-state index in [4.69, 9.17) is 10.5 Å². The zero-order valence-electron chi connectivity index (χ0n) is 10.2. The van der Waals surface area contributed by atoms with Crippen molar-refractivity contribution in [3.8, 4) is 0 Å². The number of aliphatic hydroxyl groups is 1. The van der Waals surface area contributed by atoms with E-state index in [-0.39, 0.29) is 5.41 Å². The van der Waals surface area contributed by atoms with E-state index in [2.05, 4.69) is 11.9 Å². The third kappa shape index (κ3) is 1.99. The van der Waals surface area contributed by atoms with E-state index in [9.17, 15) is 5.11 Å². The minimum absolute atomic E-state index is 0.125. The first-order chi connectivity index (χ1) is 7.62. The van der Waals surface area contributed by atoms with E-state index in [0.29, 0.717) is 6.54 Å². The minimum Gasteiger partial charge on any atom is -0.388 e. The zero-order valence-corrected chi connectivity index (χ0v) is 10.2. The third-order valence-corrected chi connectivity index (χ3v) is 4.49. The molecule has 1 atom stereocenters. The van der Waals surface area contributed by atoms with E-state index < -0.39 is 5.60 Å². The number of nitrogens with zero attached hydrogens (tertiary/aromatic N) is 1. The second-order valence-corrected chi connectivity index (χ2v) is 5.47. The van der Waals surface area contributed by atoms with Crippen LogP contribution < -0.4 is 5.73 Å². The van der Waals surface area contributed by atoms with Gasteiger partial charge in [0, 0.05) is 31.7 Å². The summed E-state index contributed by atoms with van der Waals surface area (Å²) in [5.41, 5.74) is 5.23. The average molecular weight is 228 g/mol. The summed E-state index contributed by atoms with van der Waals surface area (Å²) >= 11 is 0. The Hall–Kier alpha value is -0.160. The van der Waals surface area contributed by atoms with Gasteiger partial charge in [-0.05, 0) is 39.3 Å². The van der Waals surface area contributed by atoms with Gasteiger partial charge in [0.05, 0.1) is 5.60 Å². The second-order valence-electron chi connectivity index (χ2n) is 5.47. The Morgan fingerprint density at radius 1 is 1.31 bits per heavy atom. The van der Waals surface area contributed by atoms with Crippen molar-refractivity contribution in [3.63, 3.8) is 0 Å². The summed E-state index contributed by atoms with van der Waals surface area (Å²) in [6, 6.07) is 0. The Kier molecular flexibility index (Phi) is 3.54. The van der Waals surface area contributed by atoms with Gasteiger partial charge in [0.15, 0.2) is 0 Å². The zero-order chi connectivity index (χ0) is 11.6. The standard InChI is InChI=1S/C12H24N2O2/c1-14-6-2-3-12(15,10-14)11(9-13)4-7-16-8-5-11/h15H,2-10,13H2,1H3. The fourth-order valence-corrected chi connectivity index (χ4v) is 3.30. The lowest BCUT2D eigenvalue weighted by molar-refractivity contribution is -0.154. The summed E-state index contributed by atoms with van der Waals surface area (Å²) in [7, 11) is 2.08. The molecule has 4 nitrogen and oxygen atoms in total. The highest BCUT2D eigenvalue weighted by molar-refractivity contribution is 5.03. The largest absolute Gasteiger partial charge is 0.388 e. The van der Waals surface area contributed by atoms with Crippen LogP contribution in [-0.2, 0) is 4.74 Å². The van der Waals surface area contributed by atoms with Crippen LogP contribution in [0.25, 0.3) is 0 Å². The minimum atomic E-state index is -0.613. The molecule has 0 aromatic heterocycles. The predicted molar refractivity (Wildman–Crippen MR) is 63.2 cm³/mol. The SMILES string of the molecule is CN1CCCC(O)(C2(CN)CCOCC2)C1. The number of rotatable bonds is 2. The first-order valence-corrected chi connectivity index (χ1v) is 6.31. The first-order valence-electron chi connectivity index (χ1n) is 6.31. The lowest BCUT2D eigenvalue weighted by Gasteiger charge is -2.52. The van der Waals surface area contributed by atoms with Gasteiger partial charge < -0.3 is 20.5 Å². The monoisotopic (exact) mass is 228 g/mol. The molecule has 2 fully saturated rings. The van der Waals surface area contributed by atoms with Crippen LogP contribution in [0.1, 0.15) is 25.7 Å². The van der Waals surface area contributed by atoms with Crippen LogP contribution in [0.4, 0.5) is 0 Å². The van der Waals surface area contributed by atoms with Crippen LogP contribution in [0.2, 0.25) is 0 Å². The molecule has 0 bridgehead atoms. The van der Waals surface area contributed by atoms with Crippen molar-refractivity contribution in [2.24, 2.45) is 11.1 Å². The maximum absolute atomic E-state index is 10.9. The van der Waals surface area contributed by atoms with Gasteiger partial charge >= 0.3 is 0 Å². The van der Waals surface area contributed by atoms with E-state index >= 15 is 0 Å². The summed E-state index contributed by atoms with van der Waals surface area (Å²) < 4.78 is 5.41. The molecular formula is C12H24N2O2. The van der Waals surface area contributed by atoms with E-state index in [1.807, 2.05) is 0 Å². The fourth-order valence-electron chi connectivity index (χ4n) is 3.30. The average Bonchev–Trinajstić information content (AvgIpc) is 2.29. The van der Waals surface area contributed by atoms with Crippen molar-refractivity contribution in [2.45, 2.75) is 31.3 Å². The molecule has 2 aliphatic rings. The van der Waals surface area contributed by atoms with Gasteiger partial charge in [0.25, 0.3) is 0 Å². The van der Waals surface area contributed by atoms with Crippen LogP contribution >= 0.6 is 0 Å². The van der Waals surface area contributed by atoms with Gasteiger partial charge in [-0.2, -0.15) is 0 Å². The number of hydrogen-bond acceptors (Lipinski definition) is 4. The summed E-state index contributed by atoms with van der Waals surface area (Å²) in [6.07, 6.45) is 3.74. The van der Waals surface area contributed by atoms with E-state index in [0.717, 1.165) is 52.0 Å². The van der Waals surface area contributed by atoms with Crippen LogP contribution in [0.3, 0.4) is 0 Å². The lowest BCUT2D eigenvalue weighted by atomic mass is 9.63. The van der Waals surface area contributed by atoms with Crippen molar-refractivity contribution >= 4 is 0 Å². The number of likely N-dealkylation sites (N-methyl/N-ethyl adjacent to an activating group) is 1. The number of piperidine rings is 1. The van der Waals surface area contributed by atoms with Crippen molar-refractivity contribution in [1.29, 1.82) is 0 Å². The molecule has 0 aromatic rings. The first kappa shape index (κ1) is 12.3. The molecule has 0 saturated carbocycles. The highest BCUT2D eigenvalue weighted by Crippen LogP contribution is 2.44. The molecule has 16 heavy (non-hydrogen) atoms. The Morgan fingerprint density at radius 2 is 2.00 bits per heavy atom. The number of ether oxygens (including phenoxy) is 1. The van der Waals surface area contributed by atoms with Crippen molar-refractivity contribution in [2.75, 3.05) is 39.9 Å². The Balaban J connectivity index is 2.17. The molecule has 2 saturated heterocycles. The third-order valence-electron chi connectivity index (χ3n) is 4.49. The van der Waals surface area contributed by atoms with Crippen molar-refractivity contribution < 1.29 is 9.84 Å². The second kappa shape index (κ2) is 4.61. The highest BCUT2D eigenvalue weighted by Gasteiger charge is 2.51. The van der Waals surface area contributed by atoms with Crippen LogP contribution in [0.5, 0.6) is 0 Å². The molecule has 4 heteroatoms. The predicted octanol–water partition coefficient (Wildman–Crippen LogP) is 0.199. The summed E-state index contributed by atoms with van der Waals surface area (Å²) in [6.45, 7) is 3.89.